The number of hydrogen-bond acceptors (Lipinski definition) is 5. The van der Waals surface area contributed by atoms with E-state index in [-0.39, 0.29) is 11.8 Å². The summed E-state index contributed by atoms with van der Waals surface area (Å²) in [7, 11) is -3.25. The van der Waals surface area contributed by atoms with Crippen LogP contribution in [0.15, 0.2) is 29.2 Å². The van der Waals surface area contributed by atoms with Gasteiger partial charge in [-0.25, -0.2) is 8.42 Å². The standard InChI is InChI=1S/C14H17NO3S3/c1-21(17,18)13-9-19-7-6-15(13)14(16)11-8-20-12-5-3-2-4-10(11)12/h2-5,11,13H,6-9H2,1H3/t11-,13-/m0/s1. The summed E-state index contributed by atoms with van der Waals surface area (Å²) in [6.07, 6.45) is 1.22. The van der Waals surface area contributed by atoms with Gasteiger partial charge >= 0.3 is 0 Å². The van der Waals surface area contributed by atoms with Gasteiger partial charge in [0.1, 0.15) is 5.37 Å². The molecule has 1 aromatic rings. The summed E-state index contributed by atoms with van der Waals surface area (Å²) in [5.74, 6) is 1.74. The third-order valence-corrected chi connectivity index (χ3v) is 7.69. The van der Waals surface area contributed by atoms with E-state index in [1.54, 1.807) is 28.4 Å². The lowest BCUT2D eigenvalue weighted by Gasteiger charge is -2.35. The normalized spacial score (nSPS) is 25.7. The summed E-state index contributed by atoms with van der Waals surface area (Å²) in [4.78, 5) is 15.6. The molecule has 2 aliphatic heterocycles. The summed E-state index contributed by atoms with van der Waals surface area (Å²) in [5, 5.41) is -0.679. The average Bonchev–Trinajstić information content (AvgIpc) is 2.89. The second-order valence-electron chi connectivity index (χ2n) is 5.29. The van der Waals surface area contributed by atoms with Crippen LogP contribution >= 0.6 is 23.5 Å². The van der Waals surface area contributed by atoms with Crippen molar-refractivity contribution in [2.45, 2.75) is 16.2 Å². The van der Waals surface area contributed by atoms with Crippen molar-refractivity contribution >= 4 is 39.3 Å². The number of benzene rings is 1. The number of rotatable bonds is 2. The van der Waals surface area contributed by atoms with Gasteiger partial charge < -0.3 is 4.90 Å². The summed E-state index contributed by atoms with van der Waals surface area (Å²) >= 11 is 3.28. The maximum atomic E-state index is 12.9. The Bertz CT molecular complexity index is 659. The Kier molecular flexibility index (Phi) is 4.25. The molecule has 1 saturated heterocycles. The topological polar surface area (TPSA) is 54.5 Å². The van der Waals surface area contributed by atoms with Crippen LogP contribution in [-0.2, 0) is 14.6 Å². The monoisotopic (exact) mass is 343 g/mol. The number of nitrogens with zero attached hydrogens (tertiary/aromatic N) is 1. The minimum atomic E-state index is -3.25. The second-order valence-corrected chi connectivity index (χ2v) is 9.71. The number of hydrogen-bond donors (Lipinski definition) is 0. The van der Waals surface area contributed by atoms with E-state index >= 15 is 0 Å². The molecule has 1 aromatic carbocycles. The molecule has 0 spiro atoms. The summed E-state index contributed by atoms with van der Waals surface area (Å²) in [6.45, 7) is 0.518. The van der Waals surface area contributed by atoms with E-state index in [1.807, 2.05) is 24.3 Å². The molecule has 4 nitrogen and oxygen atoms in total. The third-order valence-electron chi connectivity index (χ3n) is 3.86. The first-order valence-electron chi connectivity index (χ1n) is 6.77. The van der Waals surface area contributed by atoms with E-state index in [0.29, 0.717) is 18.1 Å². The Labute approximate surface area is 133 Å². The van der Waals surface area contributed by atoms with Crippen molar-refractivity contribution in [3.8, 4) is 0 Å². The minimum Gasteiger partial charge on any atom is -0.323 e. The van der Waals surface area contributed by atoms with Crippen LogP contribution in [0.5, 0.6) is 0 Å². The highest BCUT2D eigenvalue weighted by Crippen LogP contribution is 2.41. The van der Waals surface area contributed by atoms with Crippen LogP contribution in [0.3, 0.4) is 0 Å². The lowest BCUT2D eigenvalue weighted by atomic mass is 10.00. The number of amides is 1. The third kappa shape index (κ3) is 2.96. The first kappa shape index (κ1) is 15.2. The van der Waals surface area contributed by atoms with Crippen LogP contribution in [0.25, 0.3) is 0 Å². The number of carbonyl (C=O) groups excluding carboxylic acids is 1. The van der Waals surface area contributed by atoms with Crippen LogP contribution in [0.2, 0.25) is 0 Å². The number of fused-ring (bicyclic) bond motifs is 1. The molecule has 1 fully saturated rings. The molecule has 0 N–H and O–H groups in total. The molecule has 0 saturated carbocycles. The Balaban J connectivity index is 1.88. The van der Waals surface area contributed by atoms with Crippen molar-refractivity contribution in [3.05, 3.63) is 29.8 Å². The summed E-state index contributed by atoms with van der Waals surface area (Å²) < 4.78 is 23.9. The lowest BCUT2D eigenvalue weighted by Crippen LogP contribution is -2.51. The van der Waals surface area contributed by atoms with Crippen LogP contribution in [0.4, 0.5) is 0 Å². The molecule has 0 unspecified atom stereocenters. The number of thioether (sulfide) groups is 2. The summed E-state index contributed by atoms with van der Waals surface area (Å²) in [6, 6.07) is 7.90. The molecule has 2 aliphatic rings. The fourth-order valence-corrected chi connectivity index (χ4v) is 6.80. The van der Waals surface area contributed by atoms with E-state index in [4.69, 9.17) is 0 Å². The van der Waals surface area contributed by atoms with Gasteiger partial charge in [0, 0.05) is 35.0 Å². The predicted octanol–water partition coefficient (Wildman–Crippen LogP) is 1.82. The van der Waals surface area contributed by atoms with Crippen LogP contribution in [0, 0.1) is 0 Å². The molecule has 7 heteroatoms. The van der Waals surface area contributed by atoms with Gasteiger partial charge in [-0.05, 0) is 11.6 Å². The molecule has 0 aromatic heterocycles. The van der Waals surface area contributed by atoms with Crippen molar-refractivity contribution in [3.63, 3.8) is 0 Å². The first-order valence-corrected chi connectivity index (χ1v) is 10.9. The highest BCUT2D eigenvalue weighted by Gasteiger charge is 2.39. The molecule has 1 amide bonds. The molecule has 2 heterocycles. The Morgan fingerprint density at radius 1 is 1.29 bits per heavy atom. The minimum absolute atomic E-state index is 0.0387. The Hall–Kier alpha value is -0.660. The molecule has 114 valence electrons. The molecule has 3 rings (SSSR count). The number of sulfone groups is 1. The Morgan fingerprint density at radius 2 is 2.05 bits per heavy atom. The van der Waals surface area contributed by atoms with E-state index in [0.717, 1.165) is 16.2 Å². The van der Waals surface area contributed by atoms with Crippen molar-refractivity contribution in [2.75, 3.05) is 30.1 Å². The van der Waals surface area contributed by atoms with Gasteiger partial charge in [-0.15, -0.1) is 11.8 Å². The van der Waals surface area contributed by atoms with E-state index in [1.165, 1.54) is 6.26 Å². The van der Waals surface area contributed by atoms with Gasteiger partial charge in [-0.3, -0.25) is 4.79 Å². The highest BCUT2D eigenvalue weighted by molar-refractivity contribution is 8.01. The fourth-order valence-electron chi connectivity index (χ4n) is 2.76. The first-order chi connectivity index (χ1) is 9.98. The van der Waals surface area contributed by atoms with Crippen LogP contribution in [-0.4, -0.2) is 54.7 Å². The van der Waals surface area contributed by atoms with Crippen LogP contribution < -0.4 is 0 Å². The summed E-state index contributed by atoms with van der Waals surface area (Å²) in [5.41, 5.74) is 1.04. The van der Waals surface area contributed by atoms with E-state index in [2.05, 4.69) is 0 Å². The Morgan fingerprint density at radius 3 is 2.81 bits per heavy atom. The molecular formula is C14H17NO3S3. The molecule has 0 bridgehead atoms. The molecule has 2 atom stereocenters. The molecule has 0 aliphatic carbocycles. The van der Waals surface area contributed by atoms with Gasteiger partial charge in [-0.2, -0.15) is 11.8 Å². The van der Waals surface area contributed by atoms with Crippen molar-refractivity contribution in [1.82, 2.24) is 4.90 Å². The molecule has 0 radical (unpaired) electrons. The van der Waals surface area contributed by atoms with Gasteiger partial charge in [0.2, 0.25) is 5.91 Å². The van der Waals surface area contributed by atoms with Gasteiger partial charge in [0.15, 0.2) is 9.84 Å². The highest BCUT2D eigenvalue weighted by atomic mass is 32.2. The quantitative estimate of drug-likeness (QED) is 0.820. The fraction of sp³-hybridized carbons (Fsp3) is 0.500. The van der Waals surface area contributed by atoms with E-state index in [9.17, 15) is 13.2 Å². The molecule has 21 heavy (non-hydrogen) atoms. The predicted molar refractivity (Wildman–Crippen MR) is 87.6 cm³/mol. The zero-order chi connectivity index (χ0) is 15.0. The zero-order valence-corrected chi connectivity index (χ0v) is 14.1. The van der Waals surface area contributed by atoms with Crippen LogP contribution in [0.1, 0.15) is 11.5 Å². The van der Waals surface area contributed by atoms with Crippen molar-refractivity contribution < 1.29 is 13.2 Å². The average molecular weight is 343 g/mol. The van der Waals surface area contributed by atoms with Gasteiger partial charge in [0.25, 0.3) is 0 Å². The van der Waals surface area contributed by atoms with Gasteiger partial charge in [0.05, 0.1) is 5.92 Å². The second kappa shape index (κ2) is 5.85. The zero-order valence-electron chi connectivity index (χ0n) is 11.7. The lowest BCUT2D eigenvalue weighted by molar-refractivity contribution is -0.132. The SMILES string of the molecule is CS(=O)(=O)[C@H]1CSCCN1C(=O)[C@H]1CSc2ccccc21. The maximum absolute atomic E-state index is 12.9. The molecular weight excluding hydrogens is 326 g/mol. The van der Waals surface area contributed by atoms with E-state index < -0.39 is 15.2 Å². The largest absolute Gasteiger partial charge is 0.323 e. The number of carbonyl (C=O) groups is 1. The maximum Gasteiger partial charge on any atom is 0.232 e. The smallest absolute Gasteiger partial charge is 0.232 e. The van der Waals surface area contributed by atoms with Crippen molar-refractivity contribution in [1.29, 1.82) is 0 Å². The van der Waals surface area contributed by atoms with Gasteiger partial charge in [-0.1, -0.05) is 18.2 Å². The van der Waals surface area contributed by atoms with Crippen molar-refractivity contribution in [2.24, 2.45) is 0 Å².